The van der Waals surface area contributed by atoms with Crippen molar-refractivity contribution in [2.45, 2.75) is 6.61 Å². The molecule has 0 saturated carbocycles. The highest BCUT2D eigenvalue weighted by Crippen LogP contribution is 2.35. The summed E-state index contributed by atoms with van der Waals surface area (Å²) in [4.78, 5) is 36.6. The fraction of sp³-hybridized carbons (Fsp3) is 0.190. The predicted octanol–water partition coefficient (Wildman–Crippen LogP) is 3.24. The molecule has 2 aromatic carbocycles. The molecule has 0 spiro atoms. The number of nitrogens with one attached hydrogen (secondary N) is 1. The normalized spacial score (nSPS) is 14.6. The number of amides is 3. The molecule has 1 saturated heterocycles. The topological polar surface area (TPSA) is 94.2 Å². The predicted molar refractivity (Wildman–Crippen MR) is 112 cm³/mol. The number of methoxy groups -OCH3 is 2. The summed E-state index contributed by atoms with van der Waals surface area (Å²) >= 11 is 3.41. The van der Waals surface area contributed by atoms with E-state index in [1.165, 1.54) is 32.4 Å². The lowest BCUT2D eigenvalue weighted by Crippen LogP contribution is -2.36. The lowest BCUT2D eigenvalue weighted by Gasteiger charge is -2.13. The number of imide groups is 1. The van der Waals surface area contributed by atoms with Gasteiger partial charge >= 0.3 is 12.0 Å². The fourth-order valence-corrected chi connectivity index (χ4v) is 3.18. The molecule has 0 bridgehead atoms. The number of carbonyl (C=O) groups is 3. The molecule has 31 heavy (non-hydrogen) atoms. The van der Waals surface area contributed by atoms with Gasteiger partial charge in [0.25, 0.3) is 5.91 Å². The summed E-state index contributed by atoms with van der Waals surface area (Å²) in [6, 6.07) is 8.48. The van der Waals surface area contributed by atoms with E-state index in [1.54, 1.807) is 24.3 Å². The van der Waals surface area contributed by atoms with Crippen molar-refractivity contribution in [3.05, 3.63) is 63.5 Å². The molecular formula is C21H18BrFN2O6. The molecule has 1 aliphatic heterocycles. The van der Waals surface area contributed by atoms with Gasteiger partial charge in [-0.25, -0.2) is 14.1 Å². The van der Waals surface area contributed by atoms with Crippen LogP contribution in [0.15, 0.2) is 46.6 Å². The van der Waals surface area contributed by atoms with E-state index < -0.39 is 24.5 Å². The number of halogens is 2. The second-order valence-corrected chi connectivity index (χ2v) is 7.25. The van der Waals surface area contributed by atoms with Gasteiger partial charge in [-0.05, 0) is 41.5 Å². The Bertz CT molecular complexity index is 1050. The van der Waals surface area contributed by atoms with Crippen molar-refractivity contribution >= 4 is 39.9 Å². The minimum atomic E-state index is -0.719. The van der Waals surface area contributed by atoms with E-state index in [9.17, 15) is 18.8 Å². The van der Waals surface area contributed by atoms with Crippen LogP contribution in [0.4, 0.5) is 9.18 Å². The van der Waals surface area contributed by atoms with Crippen LogP contribution in [0.3, 0.4) is 0 Å². The molecule has 8 nitrogen and oxygen atoms in total. The smallest absolute Gasteiger partial charge is 0.329 e. The van der Waals surface area contributed by atoms with Gasteiger partial charge in [-0.2, -0.15) is 0 Å². The summed E-state index contributed by atoms with van der Waals surface area (Å²) in [5, 5.41) is 2.43. The molecule has 0 radical (unpaired) electrons. The van der Waals surface area contributed by atoms with Crippen LogP contribution in [0, 0.1) is 5.82 Å². The Morgan fingerprint density at radius 3 is 2.52 bits per heavy atom. The lowest BCUT2D eigenvalue weighted by molar-refractivity contribution is -0.143. The third-order valence-electron chi connectivity index (χ3n) is 4.37. The van der Waals surface area contributed by atoms with Crippen LogP contribution in [-0.2, 0) is 20.9 Å². The summed E-state index contributed by atoms with van der Waals surface area (Å²) in [6.45, 7) is -0.292. The third-order valence-corrected chi connectivity index (χ3v) is 5.05. The number of hydrogen-bond donors (Lipinski definition) is 1. The highest BCUT2D eigenvalue weighted by Gasteiger charge is 2.35. The molecule has 1 fully saturated rings. The summed E-state index contributed by atoms with van der Waals surface area (Å²) in [5.41, 5.74) is 1.31. The second-order valence-electron chi connectivity index (χ2n) is 6.40. The first-order valence-electron chi connectivity index (χ1n) is 8.98. The van der Waals surface area contributed by atoms with Crippen molar-refractivity contribution in [2.24, 2.45) is 0 Å². The first kappa shape index (κ1) is 22.3. The van der Waals surface area contributed by atoms with Crippen LogP contribution in [0.5, 0.6) is 11.5 Å². The summed E-state index contributed by atoms with van der Waals surface area (Å²) in [5.74, 6) is -0.886. The zero-order valence-electron chi connectivity index (χ0n) is 16.6. The Labute approximate surface area is 185 Å². The van der Waals surface area contributed by atoms with E-state index in [-0.39, 0.29) is 18.1 Å². The third kappa shape index (κ3) is 5.21. The van der Waals surface area contributed by atoms with E-state index in [4.69, 9.17) is 9.47 Å². The fourth-order valence-electron chi connectivity index (χ4n) is 2.74. The number of hydrogen-bond acceptors (Lipinski definition) is 6. The van der Waals surface area contributed by atoms with Crippen molar-refractivity contribution < 1.29 is 33.0 Å². The van der Waals surface area contributed by atoms with Crippen LogP contribution >= 0.6 is 15.9 Å². The molecule has 3 rings (SSSR count). The van der Waals surface area contributed by atoms with E-state index in [2.05, 4.69) is 26.0 Å². The molecule has 0 atom stereocenters. The number of esters is 1. The maximum absolute atomic E-state index is 13.0. The van der Waals surface area contributed by atoms with Crippen molar-refractivity contribution in [3.63, 3.8) is 0 Å². The Hall–Kier alpha value is -3.40. The minimum Gasteiger partial charge on any atom is -0.493 e. The largest absolute Gasteiger partial charge is 0.493 e. The van der Waals surface area contributed by atoms with Gasteiger partial charge in [-0.1, -0.05) is 28.1 Å². The van der Waals surface area contributed by atoms with Gasteiger partial charge in [0.05, 0.1) is 14.2 Å². The maximum Gasteiger partial charge on any atom is 0.329 e. The van der Waals surface area contributed by atoms with Crippen LogP contribution in [0.25, 0.3) is 6.08 Å². The average molecular weight is 493 g/mol. The molecule has 10 heteroatoms. The first-order valence-corrected chi connectivity index (χ1v) is 9.77. The van der Waals surface area contributed by atoms with Crippen molar-refractivity contribution in [3.8, 4) is 11.5 Å². The molecule has 0 aromatic heterocycles. The first-order chi connectivity index (χ1) is 14.8. The molecular weight excluding hydrogens is 475 g/mol. The van der Waals surface area contributed by atoms with Gasteiger partial charge in [0.2, 0.25) is 0 Å². The zero-order valence-corrected chi connectivity index (χ0v) is 18.2. The van der Waals surface area contributed by atoms with E-state index >= 15 is 0 Å². The van der Waals surface area contributed by atoms with Gasteiger partial charge in [0.1, 0.15) is 24.7 Å². The Kier molecular flexibility index (Phi) is 6.91. The monoisotopic (exact) mass is 492 g/mol. The van der Waals surface area contributed by atoms with E-state index in [0.717, 1.165) is 10.5 Å². The number of ether oxygens (including phenoxy) is 3. The van der Waals surface area contributed by atoms with Crippen molar-refractivity contribution in [1.82, 2.24) is 10.2 Å². The van der Waals surface area contributed by atoms with Gasteiger partial charge in [0.15, 0.2) is 11.5 Å². The standard InChI is InChI=1S/C21H18BrFN2O6/c1-29-17-8-13(7-16-20(27)25(21(28)24-16)10-19(26)30-2)15(22)9-18(17)31-11-12-3-5-14(23)6-4-12/h3-9H,10-11H2,1-2H3,(H,24,28)/b16-7+. The Morgan fingerprint density at radius 2 is 1.87 bits per heavy atom. The molecule has 3 amide bonds. The number of nitrogens with zero attached hydrogens (tertiary/aromatic N) is 1. The van der Waals surface area contributed by atoms with Crippen LogP contribution in [0.2, 0.25) is 0 Å². The Morgan fingerprint density at radius 1 is 1.16 bits per heavy atom. The highest BCUT2D eigenvalue weighted by atomic mass is 79.9. The average Bonchev–Trinajstić information content (AvgIpc) is 3.02. The maximum atomic E-state index is 13.0. The summed E-state index contributed by atoms with van der Waals surface area (Å²) in [7, 11) is 2.63. The van der Waals surface area contributed by atoms with Crippen LogP contribution in [0.1, 0.15) is 11.1 Å². The van der Waals surface area contributed by atoms with E-state index in [1.807, 2.05) is 0 Å². The summed E-state index contributed by atoms with van der Waals surface area (Å²) in [6.07, 6.45) is 1.45. The minimum absolute atomic E-state index is 0.00311. The van der Waals surface area contributed by atoms with Crippen LogP contribution < -0.4 is 14.8 Å². The summed E-state index contributed by atoms with van der Waals surface area (Å²) < 4.78 is 29.3. The van der Waals surface area contributed by atoms with Gasteiger partial charge < -0.3 is 19.5 Å². The van der Waals surface area contributed by atoms with Crippen LogP contribution in [-0.4, -0.2) is 43.6 Å². The van der Waals surface area contributed by atoms with Crippen molar-refractivity contribution in [2.75, 3.05) is 20.8 Å². The Balaban J connectivity index is 1.81. The van der Waals surface area contributed by atoms with E-state index in [0.29, 0.717) is 21.5 Å². The van der Waals surface area contributed by atoms with Gasteiger partial charge in [-0.15, -0.1) is 0 Å². The molecule has 1 heterocycles. The molecule has 2 aromatic rings. The van der Waals surface area contributed by atoms with Crippen molar-refractivity contribution in [1.29, 1.82) is 0 Å². The molecule has 1 aliphatic rings. The zero-order chi connectivity index (χ0) is 22.5. The molecule has 1 N–H and O–H groups in total. The number of rotatable bonds is 7. The number of urea groups is 1. The SMILES string of the molecule is COC(=O)CN1C(=O)N/C(=C/c2cc(OC)c(OCc3ccc(F)cc3)cc2Br)C1=O. The number of carbonyl (C=O) groups excluding carboxylic acids is 3. The highest BCUT2D eigenvalue weighted by molar-refractivity contribution is 9.10. The molecule has 0 unspecified atom stereocenters. The lowest BCUT2D eigenvalue weighted by atomic mass is 10.1. The molecule has 0 aliphatic carbocycles. The molecule has 162 valence electrons. The van der Waals surface area contributed by atoms with Gasteiger partial charge in [0, 0.05) is 4.47 Å². The second kappa shape index (κ2) is 9.61. The quantitative estimate of drug-likeness (QED) is 0.362. The van der Waals surface area contributed by atoms with Gasteiger partial charge in [-0.3, -0.25) is 9.59 Å². The number of benzene rings is 2.